The zero-order chi connectivity index (χ0) is 10.7. The van der Waals surface area contributed by atoms with E-state index in [2.05, 4.69) is 4.98 Å². The Balaban J connectivity index is 2.23. The molecule has 2 rings (SSSR count). The van der Waals surface area contributed by atoms with E-state index in [4.69, 9.17) is 0 Å². The molecule has 0 saturated carbocycles. The van der Waals surface area contributed by atoms with Crippen molar-refractivity contribution in [3.8, 4) is 0 Å². The lowest BCUT2D eigenvalue weighted by atomic mass is 10.1. The van der Waals surface area contributed by atoms with Gasteiger partial charge >= 0.3 is 0 Å². The number of hydrogen-bond acceptors (Lipinski definition) is 3. The molecule has 2 aromatic rings. The standard InChI is InChI=1S/C11H8FNOS/c12-10-5-8(1-2-9(10)7-14)6-11-13-3-4-15-11/h1-5,7H,6H2. The van der Waals surface area contributed by atoms with Crippen LogP contribution in [0, 0.1) is 5.82 Å². The van der Waals surface area contributed by atoms with E-state index >= 15 is 0 Å². The number of carbonyl (C=O) groups is 1. The lowest BCUT2D eigenvalue weighted by Crippen LogP contribution is -1.92. The third-order valence-corrected chi connectivity index (χ3v) is 2.81. The fourth-order valence-corrected chi connectivity index (χ4v) is 1.94. The summed E-state index contributed by atoms with van der Waals surface area (Å²) in [5, 5.41) is 2.82. The molecule has 0 aliphatic rings. The van der Waals surface area contributed by atoms with Gasteiger partial charge in [0.25, 0.3) is 0 Å². The summed E-state index contributed by atoms with van der Waals surface area (Å²) >= 11 is 1.53. The van der Waals surface area contributed by atoms with Gasteiger partial charge in [-0.2, -0.15) is 0 Å². The second-order valence-electron chi connectivity index (χ2n) is 3.08. The molecular formula is C11H8FNOS. The Morgan fingerprint density at radius 1 is 1.47 bits per heavy atom. The molecular weight excluding hydrogens is 213 g/mol. The molecule has 0 bridgehead atoms. The molecule has 2 nitrogen and oxygen atoms in total. The summed E-state index contributed by atoms with van der Waals surface area (Å²) in [6, 6.07) is 4.62. The number of nitrogens with zero attached hydrogens (tertiary/aromatic N) is 1. The van der Waals surface area contributed by atoms with E-state index in [1.807, 2.05) is 5.38 Å². The molecule has 0 saturated heterocycles. The van der Waals surface area contributed by atoms with Gasteiger partial charge in [0.2, 0.25) is 0 Å². The minimum atomic E-state index is -0.473. The van der Waals surface area contributed by atoms with Gasteiger partial charge in [-0.1, -0.05) is 6.07 Å². The van der Waals surface area contributed by atoms with Gasteiger partial charge in [0.1, 0.15) is 5.82 Å². The predicted octanol–water partition coefficient (Wildman–Crippen LogP) is 2.69. The first-order chi connectivity index (χ1) is 7.29. The minimum Gasteiger partial charge on any atom is -0.298 e. The van der Waals surface area contributed by atoms with Crippen molar-refractivity contribution in [2.24, 2.45) is 0 Å². The highest BCUT2D eigenvalue weighted by molar-refractivity contribution is 7.09. The highest BCUT2D eigenvalue weighted by Crippen LogP contribution is 2.14. The molecule has 1 aromatic carbocycles. The fraction of sp³-hybridized carbons (Fsp3) is 0.0909. The van der Waals surface area contributed by atoms with Crippen LogP contribution in [0.5, 0.6) is 0 Å². The molecule has 0 fully saturated rings. The molecule has 0 radical (unpaired) electrons. The maximum absolute atomic E-state index is 13.2. The Kier molecular flexibility index (Phi) is 2.87. The van der Waals surface area contributed by atoms with Gasteiger partial charge in [0, 0.05) is 18.0 Å². The number of rotatable bonds is 3. The lowest BCUT2D eigenvalue weighted by Gasteiger charge is -1.99. The van der Waals surface area contributed by atoms with Crippen LogP contribution in [0.3, 0.4) is 0 Å². The molecule has 15 heavy (non-hydrogen) atoms. The number of carbonyl (C=O) groups excluding carboxylic acids is 1. The minimum absolute atomic E-state index is 0.0953. The molecule has 0 spiro atoms. The number of halogens is 1. The number of aromatic nitrogens is 1. The van der Waals surface area contributed by atoms with Gasteiger partial charge < -0.3 is 0 Å². The van der Waals surface area contributed by atoms with Crippen LogP contribution in [0.25, 0.3) is 0 Å². The van der Waals surface area contributed by atoms with Crippen molar-refractivity contribution in [2.45, 2.75) is 6.42 Å². The Bertz CT molecular complexity index is 467. The lowest BCUT2D eigenvalue weighted by molar-refractivity contribution is 0.112. The summed E-state index contributed by atoms with van der Waals surface area (Å²) in [4.78, 5) is 14.5. The number of aldehydes is 1. The first-order valence-corrected chi connectivity index (χ1v) is 5.29. The largest absolute Gasteiger partial charge is 0.298 e. The van der Waals surface area contributed by atoms with Crippen LogP contribution in [-0.4, -0.2) is 11.3 Å². The van der Waals surface area contributed by atoms with E-state index in [9.17, 15) is 9.18 Å². The highest BCUT2D eigenvalue weighted by atomic mass is 32.1. The van der Waals surface area contributed by atoms with Crippen molar-refractivity contribution in [1.82, 2.24) is 4.98 Å². The molecule has 1 heterocycles. The van der Waals surface area contributed by atoms with Crippen molar-refractivity contribution in [3.05, 3.63) is 51.7 Å². The third kappa shape index (κ3) is 2.27. The molecule has 0 N–H and O–H groups in total. The normalized spacial score (nSPS) is 10.2. The van der Waals surface area contributed by atoms with Crippen LogP contribution in [-0.2, 0) is 6.42 Å². The number of thiazole rings is 1. The summed E-state index contributed by atoms with van der Waals surface area (Å²) in [6.07, 6.45) is 2.84. The molecule has 0 aliphatic carbocycles. The van der Waals surface area contributed by atoms with Crippen molar-refractivity contribution in [2.75, 3.05) is 0 Å². The van der Waals surface area contributed by atoms with Gasteiger partial charge in [0.15, 0.2) is 6.29 Å². The topological polar surface area (TPSA) is 30.0 Å². The van der Waals surface area contributed by atoms with E-state index in [1.54, 1.807) is 12.3 Å². The molecule has 0 unspecified atom stereocenters. The van der Waals surface area contributed by atoms with Crippen molar-refractivity contribution in [1.29, 1.82) is 0 Å². The van der Waals surface area contributed by atoms with Crippen LogP contribution < -0.4 is 0 Å². The van der Waals surface area contributed by atoms with E-state index in [1.165, 1.54) is 23.5 Å². The zero-order valence-corrected chi connectivity index (χ0v) is 8.63. The van der Waals surface area contributed by atoms with Gasteiger partial charge in [-0.25, -0.2) is 9.37 Å². The number of benzene rings is 1. The maximum Gasteiger partial charge on any atom is 0.152 e. The molecule has 0 atom stereocenters. The Labute approximate surface area is 90.4 Å². The summed E-state index contributed by atoms with van der Waals surface area (Å²) in [6.45, 7) is 0. The van der Waals surface area contributed by atoms with Crippen LogP contribution in [0.2, 0.25) is 0 Å². The smallest absolute Gasteiger partial charge is 0.152 e. The Hall–Kier alpha value is -1.55. The maximum atomic E-state index is 13.2. The zero-order valence-electron chi connectivity index (χ0n) is 7.81. The average molecular weight is 221 g/mol. The molecule has 4 heteroatoms. The van der Waals surface area contributed by atoms with E-state index < -0.39 is 5.82 Å². The Morgan fingerprint density at radius 2 is 2.33 bits per heavy atom. The van der Waals surface area contributed by atoms with E-state index in [0.29, 0.717) is 12.7 Å². The van der Waals surface area contributed by atoms with Crippen LogP contribution >= 0.6 is 11.3 Å². The van der Waals surface area contributed by atoms with Gasteiger partial charge in [-0.15, -0.1) is 11.3 Å². The Morgan fingerprint density at radius 3 is 2.93 bits per heavy atom. The quantitative estimate of drug-likeness (QED) is 0.746. The van der Waals surface area contributed by atoms with Gasteiger partial charge in [-0.05, 0) is 17.7 Å². The van der Waals surface area contributed by atoms with Crippen LogP contribution in [0.1, 0.15) is 20.9 Å². The van der Waals surface area contributed by atoms with Gasteiger partial charge in [0.05, 0.1) is 10.6 Å². The van der Waals surface area contributed by atoms with Crippen molar-refractivity contribution in [3.63, 3.8) is 0 Å². The van der Waals surface area contributed by atoms with Crippen molar-refractivity contribution >= 4 is 17.6 Å². The first kappa shape index (κ1) is 9.98. The van der Waals surface area contributed by atoms with Crippen molar-refractivity contribution < 1.29 is 9.18 Å². The third-order valence-electron chi connectivity index (χ3n) is 2.03. The molecule has 0 aliphatic heterocycles. The second-order valence-corrected chi connectivity index (χ2v) is 4.06. The monoisotopic (exact) mass is 221 g/mol. The van der Waals surface area contributed by atoms with Crippen LogP contribution in [0.4, 0.5) is 4.39 Å². The van der Waals surface area contributed by atoms with E-state index in [0.717, 1.165) is 10.6 Å². The van der Waals surface area contributed by atoms with Crippen LogP contribution in [0.15, 0.2) is 29.8 Å². The molecule has 76 valence electrons. The summed E-state index contributed by atoms with van der Waals surface area (Å²) in [5.41, 5.74) is 0.922. The SMILES string of the molecule is O=Cc1ccc(Cc2nccs2)cc1F. The second kappa shape index (κ2) is 4.31. The van der Waals surface area contributed by atoms with Gasteiger partial charge in [-0.3, -0.25) is 4.79 Å². The first-order valence-electron chi connectivity index (χ1n) is 4.41. The number of hydrogen-bond donors (Lipinski definition) is 0. The highest BCUT2D eigenvalue weighted by Gasteiger charge is 2.04. The fourth-order valence-electron chi connectivity index (χ4n) is 1.29. The summed E-state index contributed by atoms with van der Waals surface area (Å²) < 4.78 is 13.2. The average Bonchev–Trinajstić information content (AvgIpc) is 2.71. The molecule has 0 amide bonds. The van der Waals surface area contributed by atoms with E-state index in [-0.39, 0.29) is 5.56 Å². The summed E-state index contributed by atoms with van der Waals surface area (Å²) in [5.74, 6) is -0.473. The molecule has 1 aromatic heterocycles. The predicted molar refractivity (Wildman–Crippen MR) is 56.7 cm³/mol. The summed E-state index contributed by atoms with van der Waals surface area (Å²) in [7, 11) is 0.